The molecule has 15 rings (SSSR count). The van der Waals surface area contributed by atoms with Crippen molar-refractivity contribution in [2.45, 2.75) is 38.9 Å². The molecule has 9 heterocycles. The van der Waals surface area contributed by atoms with Crippen LogP contribution in [0.4, 0.5) is 0 Å². The Bertz CT molecular complexity index is 3570. The van der Waals surface area contributed by atoms with Gasteiger partial charge >= 0.3 is 0 Å². The predicted octanol–water partition coefficient (Wildman–Crippen LogP) is 11.8. The Kier molecular flexibility index (Phi) is 13.8. The van der Waals surface area contributed by atoms with Gasteiger partial charge in [0, 0.05) is 54.2 Å². The average Bonchev–Trinajstić information content (AvgIpc) is 0.975. The number of ether oxygens (including phenoxy) is 12. The van der Waals surface area contributed by atoms with Crippen molar-refractivity contribution in [3.8, 4) is 69.0 Å². The maximum atomic E-state index is 6.94. The molecule has 6 aromatic rings. The molecule has 3 atom stereocenters. The van der Waals surface area contributed by atoms with E-state index in [9.17, 15) is 0 Å². The van der Waals surface area contributed by atoms with E-state index in [1.54, 1.807) is 42.7 Å². The van der Waals surface area contributed by atoms with E-state index in [1.165, 1.54) is 33.8 Å². The summed E-state index contributed by atoms with van der Waals surface area (Å²) in [6, 6.07) is 25.3. The molecule has 0 fully saturated rings. The van der Waals surface area contributed by atoms with Crippen LogP contribution in [-0.4, -0.2) is 135 Å². The molecule has 0 aromatic heterocycles. The van der Waals surface area contributed by atoms with Crippen LogP contribution in [0.1, 0.15) is 66.8 Å². The van der Waals surface area contributed by atoms with Crippen LogP contribution in [-0.2, 0) is 50.7 Å². The van der Waals surface area contributed by atoms with Gasteiger partial charge in [0.1, 0.15) is 36.7 Å². The van der Waals surface area contributed by atoms with Crippen LogP contribution in [0.25, 0.3) is 50.6 Å². The lowest BCUT2D eigenvalue weighted by molar-refractivity contribution is -0.873. The number of rotatable bonds is 18. The van der Waals surface area contributed by atoms with Gasteiger partial charge in [0.15, 0.2) is 69.0 Å². The SMILES string of the molecule is COc1ccc2c(c1OC)C[N+]1(CC[N-]P(=S)([N-]CC[N+]34CCc5cc6c(cc5C3=Cc3ccc(OC)c(OC)c3C4)OCO6)[N-]CC[N+]34CCc5cc6c(cc5C3=Cc3ccc(OC)c(OC)c3C4)OCO6)CCc3cc4c(cc3C1=C2)OCO4. The quantitative estimate of drug-likeness (QED) is 0.0593. The third-order valence-corrected chi connectivity index (χ3v) is 22.1. The maximum absolute atomic E-state index is 6.94. The molecular formula is C66H69N6O12PS. The molecule has 0 aliphatic carbocycles. The highest BCUT2D eigenvalue weighted by Crippen LogP contribution is 2.64. The number of nitrogens with zero attached hydrogens (tertiary/aromatic N) is 6. The zero-order valence-electron chi connectivity index (χ0n) is 49.3. The van der Waals surface area contributed by atoms with E-state index in [2.05, 4.69) is 72.8 Å². The summed E-state index contributed by atoms with van der Waals surface area (Å²) < 4.78 is 73.7. The summed E-state index contributed by atoms with van der Waals surface area (Å²) in [5.41, 5.74) is 17.3. The van der Waals surface area contributed by atoms with Crippen LogP contribution in [0.2, 0.25) is 0 Å². The second-order valence-corrected chi connectivity index (χ2v) is 26.7. The molecular weight excluding hydrogens is 1130 g/mol. The van der Waals surface area contributed by atoms with Gasteiger partial charge in [0.05, 0.1) is 98.6 Å². The summed E-state index contributed by atoms with van der Waals surface area (Å²) >= 11 is 6.94. The topological polar surface area (TPSA) is 153 Å². The minimum atomic E-state index is -3.21. The van der Waals surface area contributed by atoms with Gasteiger partial charge in [0.25, 0.3) is 0 Å². The lowest BCUT2D eigenvalue weighted by atomic mass is 9.87. The van der Waals surface area contributed by atoms with E-state index in [1.807, 2.05) is 18.2 Å². The lowest BCUT2D eigenvalue weighted by Crippen LogP contribution is -2.52. The van der Waals surface area contributed by atoms with Crippen LogP contribution in [0.5, 0.6) is 69.0 Å². The van der Waals surface area contributed by atoms with Gasteiger partial charge in [-0.2, -0.15) is 11.8 Å². The minimum absolute atomic E-state index is 0.203. The molecule has 0 amide bonds. The molecule has 446 valence electrons. The Morgan fingerprint density at radius 3 is 0.977 bits per heavy atom. The van der Waals surface area contributed by atoms with Crippen LogP contribution in [0.3, 0.4) is 0 Å². The third-order valence-electron chi connectivity index (χ3n) is 19.3. The largest absolute Gasteiger partial charge is 0.655 e. The van der Waals surface area contributed by atoms with Crippen molar-refractivity contribution in [2.24, 2.45) is 0 Å². The van der Waals surface area contributed by atoms with Gasteiger partial charge in [-0.05, 0) is 88.0 Å². The molecule has 0 saturated heterocycles. The van der Waals surface area contributed by atoms with Crippen molar-refractivity contribution < 1.29 is 70.3 Å². The highest BCUT2D eigenvalue weighted by atomic mass is 32.4. The summed E-state index contributed by atoms with van der Waals surface area (Å²) in [5.74, 6) is 8.95. The average molecular weight is 1200 g/mol. The monoisotopic (exact) mass is 1200 g/mol. The van der Waals surface area contributed by atoms with E-state index in [0.29, 0.717) is 89.6 Å². The minimum Gasteiger partial charge on any atom is -0.655 e. The molecule has 3 unspecified atom stereocenters. The fraction of sp³-hybridized carbons (Fsp3) is 0.364. The smallest absolute Gasteiger partial charge is 0.231 e. The van der Waals surface area contributed by atoms with E-state index in [0.717, 1.165) is 141 Å². The number of quaternary nitrogens is 3. The Morgan fingerprint density at radius 1 is 0.407 bits per heavy atom. The van der Waals surface area contributed by atoms with Crippen molar-refractivity contribution in [3.63, 3.8) is 0 Å². The predicted molar refractivity (Wildman–Crippen MR) is 331 cm³/mol. The summed E-state index contributed by atoms with van der Waals surface area (Å²) in [5, 5.41) is 16.9. The number of benzene rings is 6. The first-order valence-electron chi connectivity index (χ1n) is 29.4. The summed E-state index contributed by atoms with van der Waals surface area (Å²) in [6.07, 6.45) is 9.45. The summed E-state index contributed by atoms with van der Waals surface area (Å²) in [7, 11) is 10.2. The van der Waals surface area contributed by atoms with Crippen molar-refractivity contribution in [3.05, 3.63) is 155 Å². The van der Waals surface area contributed by atoms with E-state index in [-0.39, 0.29) is 20.4 Å². The fourth-order valence-electron chi connectivity index (χ4n) is 15.0. The van der Waals surface area contributed by atoms with Gasteiger partial charge in [-0.15, -0.1) is 0 Å². The molecule has 9 aliphatic rings. The van der Waals surface area contributed by atoms with Gasteiger partial charge < -0.3 is 78.6 Å². The first-order chi connectivity index (χ1) is 42.0. The van der Waals surface area contributed by atoms with Crippen molar-refractivity contribution in [1.82, 2.24) is 0 Å². The van der Waals surface area contributed by atoms with Gasteiger partial charge in [-0.1, -0.05) is 37.8 Å². The van der Waals surface area contributed by atoms with Crippen molar-refractivity contribution in [1.29, 1.82) is 0 Å². The Labute approximate surface area is 506 Å². The lowest BCUT2D eigenvalue weighted by Gasteiger charge is -2.63. The molecule has 18 nitrogen and oxygen atoms in total. The van der Waals surface area contributed by atoms with Gasteiger partial charge in [-0.3, -0.25) is 13.4 Å². The summed E-state index contributed by atoms with van der Waals surface area (Å²) in [6.45, 7) is 5.11. The van der Waals surface area contributed by atoms with Crippen LogP contribution < -0.4 is 56.8 Å². The Hall–Kier alpha value is -7.45. The molecule has 9 aliphatic heterocycles. The number of methoxy groups -OCH3 is 6. The van der Waals surface area contributed by atoms with Crippen LogP contribution in [0, 0.1) is 0 Å². The number of hydrogen-bond donors (Lipinski definition) is 0. The standard InChI is InChI=1S/C66H69N6O12PS/c1-73-55-10-7-40-25-52-46-31-61-58(79-37-82-61)28-43(46)13-19-70(52,34-49(40)64(55)76-4)22-16-67-85(86,68-17-23-71-20-14-44-29-59-62(83-38-80-59)32-47(44)53(71)26-41-8-11-56(74-2)65(77-5)50(41)35-71)69-18-24-72-21-15-45-30-60-63(84-39-81-60)33-48(45)54(72)27-42-9-12-57(75-3)66(78-6)51(42)36-72/h7-12,25-33H,13-24,34-39H2,1-6H3. The van der Waals surface area contributed by atoms with E-state index in [4.69, 9.17) is 83.9 Å². The highest BCUT2D eigenvalue weighted by molar-refractivity contribution is 8.18. The Balaban J connectivity index is 0.777. The number of hydrogen-bond acceptors (Lipinski definition) is 13. The molecule has 20 heteroatoms. The maximum Gasteiger partial charge on any atom is 0.231 e. The molecule has 86 heavy (non-hydrogen) atoms. The van der Waals surface area contributed by atoms with Crippen LogP contribution >= 0.6 is 6.49 Å². The molecule has 0 bridgehead atoms. The van der Waals surface area contributed by atoms with Gasteiger partial charge in [-0.25, -0.2) is 0 Å². The van der Waals surface area contributed by atoms with Gasteiger partial charge in [0.2, 0.25) is 20.4 Å². The number of fused-ring (bicyclic) bond motifs is 15. The van der Waals surface area contributed by atoms with Crippen molar-refractivity contribution >= 4 is 53.6 Å². The first kappa shape index (κ1) is 55.2. The molecule has 0 saturated carbocycles. The third kappa shape index (κ3) is 8.98. The second kappa shape index (κ2) is 21.5. The summed E-state index contributed by atoms with van der Waals surface area (Å²) in [4.78, 5) is 0. The zero-order valence-corrected chi connectivity index (χ0v) is 51.0. The molecule has 0 spiro atoms. The second-order valence-electron chi connectivity index (χ2n) is 23.4. The normalized spacial score (nSPS) is 22.3. The fourth-order valence-corrected chi connectivity index (χ4v) is 17.0. The zero-order chi connectivity index (χ0) is 58.5. The first-order valence-corrected chi connectivity index (χ1v) is 32.1. The van der Waals surface area contributed by atoms with Crippen LogP contribution in [0.15, 0.2) is 72.8 Å². The van der Waals surface area contributed by atoms with Crippen molar-refractivity contribution in [2.75, 3.05) is 122 Å². The van der Waals surface area contributed by atoms with E-state index < -0.39 is 6.49 Å². The molecule has 0 radical (unpaired) electrons. The highest BCUT2D eigenvalue weighted by Gasteiger charge is 2.47. The molecule has 6 aromatic carbocycles. The van der Waals surface area contributed by atoms with E-state index >= 15 is 0 Å². The molecule has 0 N–H and O–H groups in total. The Morgan fingerprint density at radius 2 is 0.698 bits per heavy atom.